The van der Waals surface area contributed by atoms with Gasteiger partial charge in [-0.2, -0.15) is 0 Å². The van der Waals surface area contributed by atoms with Crippen LogP contribution in [0.15, 0.2) is 84.6 Å². The Morgan fingerprint density at radius 1 is 0.800 bits per heavy atom. The zero-order valence-electron chi connectivity index (χ0n) is 16.2. The molecule has 2 aliphatic rings. The van der Waals surface area contributed by atoms with E-state index in [9.17, 15) is 14.0 Å². The third-order valence-electron chi connectivity index (χ3n) is 5.62. The molecule has 2 heterocycles. The summed E-state index contributed by atoms with van der Waals surface area (Å²) in [6.45, 7) is 0.752. The van der Waals surface area contributed by atoms with Crippen molar-refractivity contribution in [3.8, 4) is 0 Å². The Bertz CT molecular complexity index is 1170. The summed E-state index contributed by atoms with van der Waals surface area (Å²) in [4.78, 5) is 30.1. The molecule has 0 fully saturated rings. The van der Waals surface area contributed by atoms with Crippen molar-refractivity contribution < 1.29 is 14.0 Å². The number of anilines is 1. The highest BCUT2D eigenvalue weighted by Crippen LogP contribution is 2.38. The van der Waals surface area contributed by atoms with E-state index in [2.05, 4.69) is 6.07 Å². The molecule has 2 aliphatic heterocycles. The van der Waals surface area contributed by atoms with E-state index in [1.807, 2.05) is 53.4 Å². The second-order valence-corrected chi connectivity index (χ2v) is 7.44. The molecule has 0 N–H and O–H groups in total. The summed E-state index contributed by atoms with van der Waals surface area (Å²) in [7, 11) is 0. The molecule has 0 unspecified atom stereocenters. The van der Waals surface area contributed by atoms with Crippen LogP contribution in [0.1, 0.15) is 16.7 Å². The SMILES string of the molecule is O=C1C(c2ccccc2)=C(N2CCc3ccccc32)C(=O)N1Cc1ccc(F)cc1. The van der Waals surface area contributed by atoms with Crippen molar-refractivity contribution in [3.63, 3.8) is 0 Å². The molecule has 0 spiro atoms. The number of carbonyl (C=O) groups excluding carboxylic acids is 2. The molecule has 5 heteroatoms. The predicted octanol–water partition coefficient (Wildman–Crippen LogP) is 4.17. The van der Waals surface area contributed by atoms with Crippen LogP contribution in [0.4, 0.5) is 10.1 Å². The number of imide groups is 1. The van der Waals surface area contributed by atoms with Crippen molar-refractivity contribution >= 4 is 23.1 Å². The predicted molar refractivity (Wildman–Crippen MR) is 113 cm³/mol. The first-order valence-electron chi connectivity index (χ1n) is 9.89. The largest absolute Gasteiger partial charge is 0.336 e. The second kappa shape index (κ2) is 7.26. The van der Waals surface area contributed by atoms with Gasteiger partial charge in [0.1, 0.15) is 11.5 Å². The Kier molecular flexibility index (Phi) is 4.43. The highest BCUT2D eigenvalue weighted by molar-refractivity contribution is 6.36. The van der Waals surface area contributed by atoms with Gasteiger partial charge in [0.05, 0.1) is 12.1 Å². The summed E-state index contributed by atoms with van der Waals surface area (Å²) in [5, 5.41) is 0. The van der Waals surface area contributed by atoms with Gasteiger partial charge in [-0.1, -0.05) is 60.7 Å². The molecule has 0 bridgehead atoms. The minimum atomic E-state index is -0.352. The summed E-state index contributed by atoms with van der Waals surface area (Å²) >= 11 is 0. The van der Waals surface area contributed by atoms with E-state index in [-0.39, 0.29) is 24.2 Å². The Hall–Kier alpha value is -3.73. The smallest absolute Gasteiger partial charge is 0.278 e. The summed E-state index contributed by atoms with van der Waals surface area (Å²) in [6.07, 6.45) is 0.821. The monoisotopic (exact) mass is 398 g/mol. The molecule has 3 aromatic rings. The van der Waals surface area contributed by atoms with Crippen molar-refractivity contribution in [2.75, 3.05) is 11.4 Å². The van der Waals surface area contributed by atoms with Crippen LogP contribution >= 0.6 is 0 Å². The number of fused-ring (bicyclic) bond motifs is 1. The van der Waals surface area contributed by atoms with Crippen LogP contribution in [0.2, 0.25) is 0 Å². The van der Waals surface area contributed by atoms with Crippen molar-refractivity contribution in [3.05, 3.63) is 107 Å². The molecule has 3 aromatic carbocycles. The Morgan fingerprint density at radius 2 is 1.50 bits per heavy atom. The zero-order chi connectivity index (χ0) is 20.7. The Balaban J connectivity index is 1.59. The van der Waals surface area contributed by atoms with Gasteiger partial charge in [-0.25, -0.2) is 4.39 Å². The van der Waals surface area contributed by atoms with E-state index in [0.29, 0.717) is 23.4 Å². The van der Waals surface area contributed by atoms with Gasteiger partial charge in [-0.3, -0.25) is 14.5 Å². The number of para-hydroxylation sites is 1. The van der Waals surface area contributed by atoms with E-state index in [1.54, 1.807) is 12.1 Å². The highest BCUT2D eigenvalue weighted by atomic mass is 19.1. The van der Waals surface area contributed by atoms with E-state index < -0.39 is 0 Å². The lowest BCUT2D eigenvalue weighted by molar-refractivity contribution is -0.137. The van der Waals surface area contributed by atoms with Crippen LogP contribution in [0.25, 0.3) is 5.57 Å². The van der Waals surface area contributed by atoms with Crippen LogP contribution in [-0.2, 0) is 22.6 Å². The van der Waals surface area contributed by atoms with Crippen molar-refractivity contribution in [1.29, 1.82) is 0 Å². The van der Waals surface area contributed by atoms with Gasteiger partial charge >= 0.3 is 0 Å². The van der Waals surface area contributed by atoms with Crippen molar-refractivity contribution in [2.45, 2.75) is 13.0 Å². The van der Waals surface area contributed by atoms with Gasteiger partial charge in [0.25, 0.3) is 11.8 Å². The number of hydrogen-bond acceptors (Lipinski definition) is 3. The van der Waals surface area contributed by atoms with Crippen LogP contribution in [0.3, 0.4) is 0 Å². The van der Waals surface area contributed by atoms with E-state index in [4.69, 9.17) is 0 Å². The molecule has 0 aliphatic carbocycles. The van der Waals surface area contributed by atoms with Gasteiger partial charge in [-0.05, 0) is 41.3 Å². The molecule has 0 radical (unpaired) electrons. The second-order valence-electron chi connectivity index (χ2n) is 7.44. The lowest BCUT2D eigenvalue weighted by atomic mass is 10.0. The van der Waals surface area contributed by atoms with Gasteiger partial charge in [0.2, 0.25) is 0 Å². The number of hydrogen-bond donors (Lipinski definition) is 0. The van der Waals surface area contributed by atoms with Crippen molar-refractivity contribution in [1.82, 2.24) is 4.90 Å². The topological polar surface area (TPSA) is 40.6 Å². The normalized spacial score (nSPS) is 15.9. The fraction of sp³-hybridized carbons (Fsp3) is 0.120. The molecule has 148 valence electrons. The first-order chi connectivity index (χ1) is 14.6. The summed E-state index contributed by atoms with van der Waals surface area (Å²) < 4.78 is 13.3. The molecule has 0 atom stereocenters. The average Bonchev–Trinajstić information content (AvgIpc) is 3.30. The number of nitrogens with zero attached hydrogens (tertiary/aromatic N) is 2. The van der Waals surface area contributed by atoms with Gasteiger partial charge in [-0.15, -0.1) is 0 Å². The first-order valence-corrected chi connectivity index (χ1v) is 9.89. The third-order valence-corrected chi connectivity index (χ3v) is 5.62. The molecule has 0 aromatic heterocycles. The standard InChI is InChI=1S/C25H19FN2O2/c26-20-12-10-17(11-13-20)16-28-24(29)22(19-7-2-1-3-8-19)23(25(28)30)27-15-14-18-6-4-5-9-21(18)27/h1-13H,14-16H2. The molecule has 4 nitrogen and oxygen atoms in total. The maximum Gasteiger partial charge on any atom is 0.278 e. The van der Waals surface area contributed by atoms with Gasteiger partial charge in [0, 0.05) is 12.2 Å². The van der Waals surface area contributed by atoms with Gasteiger partial charge < -0.3 is 4.90 Å². The fourth-order valence-electron chi connectivity index (χ4n) is 4.17. The quantitative estimate of drug-likeness (QED) is 0.620. The molecule has 30 heavy (non-hydrogen) atoms. The third kappa shape index (κ3) is 2.99. The van der Waals surface area contributed by atoms with Crippen LogP contribution in [-0.4, -0.2) is 23.3 Å². The van der Waals surface area contributed by atoms with Crippen molar-refractivity contribution in [2.24, 2.45) is 0 Å². The number of carbonyl (C=O) groups is 2. The number of rotatable bonds is 4. The summed E-state index contributed by atoms with van der Waals surface area (Å²) in [5.74, 6) is -0.995. The van der Waals surface area contributed by atoms with Crippen LogP contribution in [0.5, 0.6) is 0 Å². The fourth-order valence-corrected chi connectivity index (χ4v) is 4.17. The molecule has 0 saturated heterocycles. The molecular weight excluding hydrogens is 379 g/mol. The first kappa shape index (κ1) is 18.3. The van der Waals surface area contributed by atoms with E-state index in [0.717, 1.165) is 23.2 Å². The minimum absolute atomic E-state index is 0.104. The van der Waals surface area contributed by atoms with E-state index >= 15 is 0 Å². The summed E-state index contributed by atoms with van der Waals surface area (Å²) in [5.41, 5.74) is 4.38. The zero-order valence-corrected chi connectivity index (χ0v) is 16.2. The van der Waals surface area contributed by atoms with Gasteiger partial charge in [0.15, 0.2) is 0 Å². The molecular formula is C25H19FN2O2. The number of amides is 2. The van der Waals surface area contributed by atoms with Crippen LogP contribution in [0, 0.1) is 5.82 Å². The maximum atomic E-state index is 13.5. The highest BCUT2D eigenvalue weighted by Gasteiger charge is 2.43. The van der Waals surface area contributed by atoms with E-state index in [1.165, 1.54) is 17.0 Å². The minimum Gasteiger partial charge on any atom is -0.336 e. The Morgan fingerprint density at radius 3 is 2.27 bits per heavy atom. The molecule has 5 rings (SSSR count). The summed E-state index contributed by atoms with van der Waals surface area (Å²) in [6, 6.07) is 23.1. The number of benzene rings is 3. The molecule has 2 amide bonds. The Labute approximate surface area is 173 Å². The lowest BCUT2D eigenvalue weighted by Gasteiger charge is -2.22. The lowest BCUT2D eigenvalue weighted by Crippen LogP contribution is -2.34. The van der Waals surface area contributed by atoms with Crippen LogP contribution < -0.4 is 4.90 Å². The number of halogens is 1. The average molecular weight is 398 g/mol. The maximum absolute atomic E-state index is 13.5. The molecule has 0 saturated carbocycles.